The van der Waals surface area contributed by atoms with Gasteiger partial charge in [0.25, 0.3) is 11.8 Å². The number of carbonyl (C=O) groups excluding carboxylic acids is 4. The smallest absolute Gasteiger partial charge is 0.339 e. The highest BCUT2D eigenvalue weighted by Gasteiger charge is 2.53. The van der Waals surface area contributed by atoms with Gasteiger partial charge in [0.1, 0.15) is 0 Å². The van der Waals surface area contributed by atoms with Crippen molar-refractivity contribution in [3.63, 3.8) is 0 Å². The van der Waals surface area contributed by atoms with Gasteiger partial charge in [0.2, 0.25) is 12.2 Å². The predicted octanol–water partition coefficient (Wildman–Crippen LogP) is 3.77. The maximum atomic E-state index is 13.1. The highest BCUT2D eigenvalue weighted by atomic mass is 79.9. The lowest BCUT2D eigenvalue weighted by molar-refractivity contribution is -0.130. The molecule has 0 aromatic heterocycles. The quantitative estimate of drug-likeness (QED) is 0.396. The van der Waals surface area contributed by atoms with Crippen LogP contribution >= 0.6 is 15.9 Å². The van der Waals surface area contributed by atoms with Crippen molar-refractivity contribution in [2.24, 2.45) is 0 Å². The molecule has 1 fully saturated rings. The van der Waals surface area contributed by atoms with E-state index < -0.39 is 36.0 Å². The standard InChI is InChI=1S/C24H16BrNO6/c25-17-11-13-18(14-12-17)26-21(27)19(31-23(29)15-7-3-1-4-8-15)20(22(26)28)32-24(30)16-9-5-2-6-10-16/h1-14,19-20H/t19-,20-/m0/s1. The van der Waals surface area contributed by atoms with Crippen LogP contribution in [-0.2, 0) is 19.1 Å². The molecule has 4 rings (SSSR count). The number of halogens is 1. The molecule has 0 aliphatic carbocycles. The van der Waals surface area contributed by atoms with E-state index in [4.69, 9.17) is 9.47 Å². The first kappa shape index (κ1) is 21.5. The van der Waals surface area contributed by atoms with Gasteiger partial charge < -0.3 is 9.47 Å². The molecular weight excluding hydrogens is 478 g/mol. The molecule has 1 aliphatic rings. The van der Waals surface area contributed by atoms with E-state index in [9.17, 15) is 19.2 Å². The van der Waals surface area contributed by atoms with Gasteiger partial charge in [-0.1, -0.05) is 52.3 Å². The molecular formula is C24H16BrNO6. The molecule has 1 aliphatic heterocycles. The maximum absolute atomic E-state index is 13.1. The minimum absolute atomic E-state index is 0.197. The van der Waals surface area contributed by atoms with Crippen molar-refractivity contribution in [1.29, 1.82) is 0 Å². The van der Waals surface area contributed by atoms with Crippen LogP contribution in [0.25, 0.3) is 0 Å². The second-order valence-electron chi connectivity index (χ2n) is 6.87. The Bertz CT molecular complexity index is 1090. The number of carbonyl (C=O) groups is 4. The lowest BCUT2D eigenvalue weighted by atomic mass is 10.2. The number of benzene rings is 3. The Labute approximate surface area is 191 Å². The van der Waals surface area contributed by atoms with E-state index in [-0.39, 0.29) is 16.8 Å². The van der Waals surface area contributed by atoms with E-state index in [0.717, 1.165) is 9.37 Å². The van der Waals surface area contributed by atoms with Gasteiger partial charge in [0.05, 0.1) is 16.8 Å². The Morgan fingerprint density at radius 2 is 1.06 bits per heavy atom. The first-order valence-corrected chi connectivity index (χ1v) is 10.4. The summed E-state index contributed by atoms with van der Waals surface area (Å²) in [6.07, 6.45) is -3.24. The highest BCUT2D eigenvalue weighted by Crippen LogP contribution is 2.29. The van der Waals surface area contributed by atoms with Crippen molar-refractivity contribution < 1.29 is 28.7 Å². The Balaban J connectivity index is 1.65. The molecule has 0 radical (unpaired) electrons. The molecule has 3 aromatic rings. The Kier molecular flexibility index (Phi) is 6.13. The van der Waals surface area contributed by atoms with Gasteiger partial charge in [-0.25, -0.2) is 14.5 Å². The highest BCUT2D eigenvalue weighted by molar-refractivity contribution is 9.10. The van der Waals surface area contributed by atoms with Crippen molar-refractivity contribution in [3.8, 4) is 0 Å². The molecule has 2 amide bonds. The molecule has 8 heteroatoms. The molecule has 0 spiro atoms. The summed E-state index contributed by atoms with van der Waals surface area (Å²) in [4.78, 5) is 52.3. The molecule has 3 aromatic carbocycles. The molecule has 1 heterocycles. The second kappa shape index (κ2) is 9.15. The van der Waals surface area contributed by atoms with Crippen LogP contribution in [0.2, 0.25) is 0 Å². The van der Waals surface area contributed by atoms with Crippen molar-refractivity contribution in [3.05, 3.63) is 101 Å². The molecule has 0 unspecified atom stereocenters. The van der Waals surface area contributed by atoms with E-state index in [1.165, 1.54) is 24.3 Å². The number of hydrogen-bond acceptors (Lipinski definition) is 6. The van der Waals surface area contributed by atoms with Gasteiger partial charge in [-0.3, -0.25) is 9.59 Å². The number of amides is 2. The van der Waals surface area contributed by atoms with Crippen LogP contribution in [-0.4, -0.2) is 36.0 Å². The zero-order valence-electron chi connectivity index (χ0n) is 16.5. The summed E-state index contributed by atoms with van der Waals surface area (Å²) in [5.74, 6) is -3.22. The largest absolute Gasteiger partial charge is 0.444 e. The van der Waals surface area contributed by atoms with Crippen LogP contribution in [0.5, 0.6) is 0 Å². The van der Waals surface area contributed by atoms with Crippen LogP contribution in [0.15, 0.2) is 89.4 Å². The monoisotopic (exact) mass is 493 g/mol. The molecule has 0 saturated carbocycles. The van der Waals surface area contributed by atoms with Gasteiger partial charge in [-0.15, -0.1) is 0 Å². The number of anilines is 1. The van der Waals surface area contributed by atoms with Gasteiger partial charge in [-0.2, -0.15) is 0 Å². The third kappa shape index (κ3) is 4.31. The lowest BCUT2D eigenvalue weighted by Crippen LogP contribution is -2.37. The molecule has 2 atom stereocenters. The van der Waals surface area contributed by atoms with E-state index in [1.54, 1.807) is 60.7 Å². The summed E-state index contributed by atoms with van der Waals surface area (Å²) in [5.41, 5.74) is 0.660. The van der Waals surface area contributed by atoms with Crippen molar-refractivity contribution in [2.45, 2.75) is 12.2 Å². The fourth-order valence-corrected chi connectivity index (χ4v) is 3.47. The Morgan fingerprint density at radius 1 is 0.656 bits per heavy atom. The molecule has 1 saturated heterocycles. The fourth-order valence-electron chi connectivity index (χ4n) is 3.21. The molecule has 0 N–H and O–H groups in total. The molecule has 160 valence electrons. The third-order valence-corrected chi connectivity index (χ3v) is 5.30. The zero-order chi connectivity index (χ0) is 22.7. The summed E-state index contributed by atoms with van der Waals surface area (Å²) in [5, 5.41) is 0. The van der Waals surface area contributed by atoms with E-state index in [1.807, 2.05) is 0 Å². The lowest BCUT2D eigenvalue weighted by Gasteiger charge is -2.16. The second-order valence-corrected chi connectivity index (χ2v) is 7.79. The number of esters is 2. The summed E-state index contributed by atoms with van der Waals surface area (Å²) in [6.45, 7) is 0. The van der Waals surface area contributed by atoms with E-state index in [0.29, 0.717) is 0 Å². The van der Waals surface area contributed by atoms with Crippen LogP contribution in [0, 0.1) is 0 Å². The first-order valence-electron chi connectivity index (χ1n) is 9.61. The number of imide groups is 1. The average molecular weight is 494 g/mol. The van der Waals surface area contributed by atoms with Crippen molar-refractivity contribution >= 4 is 45.4 Å². The van der Waals surface area contributed by atoms with Crippen molar-refractivity contribution in [1.82, 2.24) is 0 Å². The predicted molar refractivity (Wildman–Crippen MR) is 118 cm³/mol. The normalized spacial score (nSPS) is 17.8. The van der Waals surface area contributed by atoms with Crippen LogP contribution in [0.1, 0.15) is 20.7 Å². The molecule has 32 heavy (non-hydrogen) atoms. The Morgan fingerprint density at radius 3 is 1.47 bits per heavy atom. The number of hydrogen-bond donors (Lipinski definition) is 0. The first-order chi connectivity index (χ1) is 15.5. The SMILES string of the molecule is O=C(O[C@@H]1C(=O)N(c2ccc(Br)cc2)C(=O)[C@H]1OC(=O)c1ccccc1)c1ccccc1. The van der Waals surface area contributed by atoms with Gasteiger partial charge >= 0.3 is 11.9 Å². The van der Waals surface area contributed by atoms with E-state index in [2.05, 4.69) is 15.9 Å². The minimum atomic E-state index is -1.62. The van der Waals surface area contributed by atoms with Gasteiger partial charge in [0, 0.05) is 4.47 Å². The number of rotatable bonds is 5. The van der Waals surface area contributed by atoms with Crippen molar-refractivity contribution in [2.75, 3.05) is 4.90 Å². The average Bonchev–Trinajstić information content (AvgIpc) is 3.04. The zero-order valence-corrected chi connectivity index (χ0v) is 18.1. The number of nitrogens with zero attached hydrogens (tertiary/aromatic N) is 1. The third-order valence-electron chi connectivity index (χ3n) is 4.77. The van der Waals surface area contributed by atoms with Crippen LogP contribution < -0.4 is 4.90 Å². The maximum Gasteiger partial charge on any atom is 0.339 e. The minimum Gasteiger partial charge on any atom is -0.444 e. The van der Waals surface area contributed by atoms with E-state index >= 15 is 0 Å². The fraction of sp³-hybridized carbons (Fsp3) is 0.0833. The molecule has 7 nitrogen and oxygen atoms in total. The number of ether oxygens (including phenoxy) is 2. The van der Waals surface area contributed by atoms with Gasteiger partial charge in [0.15, 0.2) is 0 Å². The van der Waals surface area contributed by atoms with Gasteiger partial charge in [-0.05, 0) is 48.5 Å². The molecule has 0 bridgehead atoms. The summed E-state index contributed by atoms with van der Waals surface area (Å²) < 4.78 is 11.5. The Hall–Kier alpha value is -3.78. The topological polar surface area (TPSA) is 90.0 Å². The summed E-state index contributed by atoms with van der Waals surface area (Å²) in [6, 6.07) is 22.5. The summed E-state index contributed by atoms with van der Waals surface area (Å²) in [7, 11) is 0. The summed E-state index contributed by atoms with van der Waals surface area (Å²) >= 11 is 3.30. The van der Waals surface area contributed by atoms with Crippen LogP contribution in [0.3, 0.4) is 0 Å². The van der Waals surface area contributed by atoms with Crippen LogP contribution in [0.4, 0.5) is 5.69 Å².